The lowest BCUT2D eigenvalue weighted by Gasteiger charge is -2.16. The van der Waals surface area contributed by atoms with Gasteiger partial charge in [-0.1, -0.05) is 32.0 Å². The van der Waals surface area contributed by atoms with Crippen molar-refractivity contribution < 1.29 is 32.7 Å². The number of halogens is 1. The first-order chi connectivity index (χ1) is 23.2. The number of rotatable bonds is 12. The highest BCUT2D eigenvalue weighted by atomic mass is 19.1. The molecule has 48 heavy (non-hydrogen) atoms. The minimum atomic E-state index is -0.405. The van der Waals surface area contributed by atoms with Gasteiger partial charge in [-0.05, 0) is 91.1 Å². The van der Waals surface area contributed by atoms with E-state index in [1.54, 1.807) is 60.7 Å². The van der Waals surface area contributed by atoms with Crippen LogP contribution in [0.4, 0.5) is 4.39 Å². The summed E-state index contributed by atoms with van der Waals surface area (Å²) in [5, 5.41) is 3.22. The number of nitrogens with zero attached hydrogens (tertiary/aromatic N) is 1. The van der Waals surface area contributed by atoms with Crippen LogP contribution in [-0.4, -0.2) is 48.6 Å². The summed E-state index contributed by atoms with van der Waals surface area (Å²) in [5.74, 6) is -0.215. The third-order valence-corrected chi connectivity index (χ3v) is 8.47. The maximum atomic E-state index is 13.7. The van der Waals surface area contributed by atoms with Gasteiger partial charge in [-0.15, -0.1) is 0 Å². The molecule has 8 nitrogen and oxygen atoms in total. The monoisotopic (exact) mass is 646 g/mol. The van der Waals surface area contributed by atoms with Gasteiger partial charge in [-0.2, -0.15) is 0 Å². The van der Waals surface area contributed by atoms with Crippen molar-refractivity contribution in [2.24, 2.45) is 5.92 Å². The molecule has 0 bridgehead atoms. The topological polar surface area (TPSA) is 106 Å². The van der Waals surface area contributed by atoms with Crippen LogP contribution in [0.2, 0.25) is 0 Å². The number of amides is 3. The van der Waals surface area contributed by atoms with Gasteiger partial charge in [-0.25, -0.2) is 4.39 Å². The maximum Gasteiger partial charge on any atom is 0.261 e. The minimum absolute atomic E-state index is 0.0103. The zero-order valence-corrected chi connectivity index (χ0v) is 27.0. The van der Waals surface area contributed by atoms with Crippen molar-refractivity contribution >= 4 is 34.5 Å². The van der Waals surface area contributed by atoms with Gasteiger partial charge >= 0.3 is 0 Å². The van der Waals surface area contributed by atoms with Gasteiger partial charge in [-0.3, -0.25) is 24.1 Å². The number of benzene rings is 4. The molecule has 1 N–H and O–H groups in total. The van der Waals surface area contributed by atoms with E-state index < -0.39 is 5.82 Å². The molecule has 6 rings (SSSR count). The van der Waals surface area contributed by atoms with E-state index in [9.17, 15) is 23.6 Å². The van der Waals surface area contributed by atoms with E-state index in [0.29, 0.717) is 80.2 Å². The fraction of sp³-hybridized carbons (Fsp3) is 0.231. The number of ether oxygens (including phenoxy) is 1. The van der Waals surface area contributed by atoms with E-state index in [0.717, 1.165) is 6.42 Å². The average Bonchev–Trinajstić information content (AvgIpc) is 3.59. The number of imide groups is 1. The number of nitrogens with one attached hydrogen (secondary N) is 1. The Morgan fingerprint density at radius 2 is 1.56 bits per heavy atom. The molecule has 0 spiro atoms. The van der Waals surface area contributed by atoms with Crippen molar-refractivity contribution in [1.29, 1.82) is 0 Å². The lowest BCUT2D eigenvalue weighted by Crippen LogP contribution is -2.31. The van der Waals surface area contributed by atoms with Crippen LogP contribution in [0.15, 0.2) is 89.3 Å². The smallest absolute Gasteiger partial charge is 0.261 e. The van der Waals surface area contributed by atoms with Crippen LogP contribution in [-0.2, 0) is 0 Å². The fourth-order valence-electron chi connectivity index (χ4n) is 5.89. The molecule has 1 aliphatic heterocycles. The van der Waals surface area contributed by atoms with E-state index in [1.807, 2.05) is 12.1 Å². The van der Waals surface area contributed by atoms with Gasteiger partial charge in [0.1, 0.15) is 22.9 Å². The van der Waals surface area contributed by atoms with E-state index >= 15 is 0 Å². The van der Waals surface area contributed by atoms with Gasteiger partial charge in [0.25, 0.3) is 17.7 Å². The van der Waals surface area contributed by atoms with Gasteiger partial charge in [0.15, 0.2) is 5.78 Å². The molecule has 5 aromatic rings. The average molecular weight is 647 g/mol. The van der Waals surface area contributed by atoms with E-state index in [2.05, 4.69) is 19.2 Å². The summed E-state index contributed by atoms with van der Waals surface area (Å²) < 4.78 is 26.0. The van der Waals surface area contributed by atoms with Crippen molar-refractivity contribution in [2.75, 3.05) is 20.2 Å². The third-order valence-electron chi connectivity index (χ3n) is 8.47. The predicted molar refractivity (Wildman–Crippen MR) is 181 cm³/mol. The molecule has 1 aliphatic rings. The molecular weight excluding hydrogens is 611 g/mol. The molecule has 0 radical (unpaired) electrons. The van der Waals surface area contributed by atoms with Crippen LogP contribution in [0, 0.1) is 11.7 Å². The number of carbonyl (C=O) groups excluding carboxylic acids is 4. The van der Waals surface area contributed by atoms with Crippen molar-refractivity contribution in [3.05, 3.63) is 113 Å². The normalized spacial score (nSPS) is 12.6. The molecule has 3 amide bonds. The first-order valence-corrected chi connectivity index (χ1v) is 16.0. The Labute approximate surface area is 277 Å². The second-order valence-corrected chi connectivity index (χ2v) is 12.2. The molecule has 4 aromatic carbocycles. The summed E-state index contributed by atoms with van der Waals surface area (Å²) in [6.07, 6.45) is 1.55. The summed E-state index contributed by atoms with van der Waals surface area (Å²) in [6.45, 7) is 4.53. The summed E-state index contributed by atoms with van der Waals surface area (Å²) in [4.78, 5) is 53.2. The van der Waals surface area contributed by atoms with E-state index in [1.165, 1.54) is 24.1 Å². The number of Topliss-reactive ketones (excluding diaryl/α,β-unsaturated/α-hetero) is 1. The number of hydrogen-bond donors (Lipinski definition) is 1. The molecule has 0 unspecified atom stereocenters. The number of fused-ring (bicyclic) bond motifs is 2. The Balaban J connectivity index is 1.32. The van der Waals surface area contributed by atoms with Crippen molar-refractivity contribution in [3.8, 4) is 28.2 Å². The molecule has 0 saturated heterocycles. The minimum Gasteiger partial charge on any atom is -0.493 e. The lowest BCUT2D eigenvalue weighted by molar-refractivity contribution is 0.0646. The molecule has 0 atom stereocenters. The molecule has 1 aromatic heterocycles. The Bertz CT molecular complexity index is 2010. The van der Waals surface area contributed by atoms with Crippen molar-refractivity contribution in [3.63, 3.8) is 0 Å². The van der Waals surface area contributed by atoms with Gasteiger partial charge < -0.3 is 14.5 Å². The molecule has 0 fully saturated rings. The second-order valence-electron chi connectivity index (χ2n) is 12.2. The number of carbonyl (C=O) groups is 4. The Morgan fingerprint density at radius 1 is 0.875 bits per heavy atom. The Morgan fingerprint density at radius 3 is 2.23 bits per heavy atom. The van der Waals surface area contributed by atoms with Crippen molar-refractivity contribution in [2.45, 2.75) is 33.1 Å². The zero-order chi connectivity index (χ0) is 33.9. The number of ketones is 1. The molecular formula is C39H35FN2O6. The van der Waals surface area contributed by atoms with Gasteiger partial charge in [0.2, 0.25) is 0 Å². The standard InChI is InChI=1S/C39H35FN2O6/c1-23(2)9-16-32(43)26-13-17-33(47-20-6-19-42-38(45)28-7-4-5-8-29(28)39(42)46)30(22-26)25-12-18-34-31(21-25)35(37(44)41-3)36(48-34)24-10-14-27(40)15-11-24/h4-5,7-8,10-15,17-18,21-23H,6,9,16,19-20H2,1-3H3,(H,41,44). The SMILES string of the molecule is CNC(=O)c1c(-c2ccc(F)cc2)oc2ccc(-c3cc(C(=O)CCC(C)C)ccc3OCCCN3C(=O)c4ccccc4C3=O)cc12. The highest BCUT2D eigenvalue weighted by Gasteiger charge is 2.34. The molecule has 0 saturated carbocycles. The van der Waals surface area contributed by atoms with Gasteiger partial charge in [0.05, 0.1) is 23.3 Å². The van der Waals surface area contributed by atoms with Crippen molar-refractivity contribution in [1.82, 2.24) is 10.2 Å². The number of hydrogen-bond acceptors (Lipinski definition) is 6. The highest BCUT2D eigenvalue weighted by Crippen LogP contribution is 2.39. The predicted octanol–water partition coefficient (Wildman–Crippen LogP) is 7.95. The Hall–Kier alpha value is -5.57. The van der Waals surface area contributed by atoms with Crippen LogP contribution >= 0.6 is 0 Å². The Kier molecular flexibility index (Phi) is 9.21. The van der Waals surface area contributed by atoms with Crippen LogP contribution < -0.4 is 10.1 Å². The lowest BCUT2D eigenvalue weighted by atomic mass is 9.95. The maximum absolute atomic E-state index is 13.7. The molecule has 9 heteroatoms. The number of furan rings is 1. The highest BCUT2D eigenvalue weighted by molar-refractivity contribution is 6.21. The molecule has 0 aliphatic carbocycles. The zero-order valence-electron chi connectivity index (χ0n) is 27.0. The first kappa shape index (κ1) is 32.4. The van der Waals surface area contributed by atoms with Crippen LogP contribution in [0.1, 0.15) is 74.5 Å². The first-order valence-electron chi connectivity index (χ1n) is 16.0. The van der Waals surface area contributed by atoms with Crippen LogP contribution in [0.25, 0.3) is 33.4 Å². The summed E-state index contributed by atoms with van der Waals surface area (Å²) >= 11 is 0. The molecule has 2 heterocycles. The summed E-state index contributed by atoms with van der Waals surface area (Å²) in [6, 6.07) is 23.2. The summed E-state index contributed by atoms with van der Waals surface area (Å²) in [7, 11) is 1.53. The molecule has 244 valence electrons. The fourth-order valence-corrected chi connectivity index (χ4v) is 5.89. The van der Waals surface area contributed by atoms with Crippen LogP contribution in [0.5, 0.6) is 5.75 Å². The van der Waals surface area contributed by atoms with Gasteiger partial charge in [0, 0.05) is 42.1 Å². The summed E-state index contributed by atoms with van der Waals surface area (Å²) in [5.41, 5.74) is 3.97. The van der Waals surface area contributed by atoms with E-state index in [4.69, 9.17) is 9.15 Å². The third kappa shape index (κ3) is 6.36. The quantitative estimate of drug-likeness (QED) is 0.0838. The van der Waals surface area contributed by atoms with E-state index in [-0.39, 0.29) is 36.7 Å². The largest absolute Gasteiger partial charge is 0.493 e. The van der Waals surface area contributed by atoms with Crippen LogP contribution in [0.3, 0.4) is 0 Å². The second kappa shape index (κ2) is 13.7.